The highest BCUT2D eigenvalue weighted by Gasteiger charge is 2.36. The monoisotopic (exact) mass is 482 g/mol. The SMILES string of the molecule is CC(C)N(c1cc(F)c(Oc2ncccc2C(F)(F)F)cc1C(=O)O)C(=O)[C@H]1CC[C@H](C)CC1. The first-order valence-electron chi connectivity index (χ1n) is 11.0. The van der Waals surface area contributed by atoms with Crippen LogP contribution in [0.5, 0.6) is 11.6 Å². The summed E-state index contributed by atoms with van der Waals surface area (Å²) in [6.07, 6.45) is -0.751. The molecule has 1 aromatic heterocycles. The summed E-state index contributed by atoms with van der Waals surface area (Å²) in [4.78, 5) is 30.1. The number of hydrogen-bond acceptors (Lipinski definition) is 4. The molecule has 1 N–H and O–H groups in total. The Bertz CT molecular complexity index is 1060. The molecule has 1 fully saturated rings. The number of carboxylic acid groups (broad SMARTS) is 1. The van der Waals surface area contributed by atoms with Crippen LogP contribution in [0.3, 0.4) is 0 Å². The van der Waals surface area contributed by atoms with Gasteiger partial charge in [0.1, 0.15) is 5.56 Å². The zero-order valence-corrected chi connectivity index (χ0v) is 19.0. The van der Waals surface area contributed by atoms with Gasteiger partial charge in [0.2, 0.25) is 11.8 Å². The van der Waals surface area contributed by atoms with Crippen LogP contribution in [0.25, 0.3) is 0 Å². The molecule has 10 heteroatoms. The average molecular weight is 482 g/mol. The fourth-order valence-electron chi connectivity index (χ4n) is 4.14. The zero-order valence-electron chi connectivity index (χ0n) is 19.0. The minimum absolute atomic E-state index is 0.173. The van der Waals surface area contributed by atoms with Gasteiger partial charge in [0.15, 0.2) is 11.6 Å². The van der Waals surface area contributed by atoms with Crippen LogP contribution in [-0.2, 0) is 11.0 Å². The maximum Gasteiger partial charge on any atom is 0.421 e. The largest absolute Gasteiger partial charge is 0.478 e. The van der Waals surface area contributed by atoms with Gasteiger partial charge in [0.25, 0.3) is 0 Å². The molecule has 0 unspecified atom stereocenters. The number of aromatic nitrogens is 1. The third kappa shape index (κ3) is 5.48. The molecule has 1 aliphatic carbocycles. The number of amides is 1. The van der Waals surface area contributed by atoms with Crippen molar-refractivity contribution in [1.82, 2.24) is 4.98 Å². The van der Waals surface area contributed by atoms with E-state index in [4.69, 9.17) is 4.74 Å². The van der Waals surface area contributed by atoms with Crippen molar-refractivity contribution in [1.29, 1.82) is 0 Å². The van der Waals surface area contributed by atoms with Gasteiger partial charge in [-0.15, -0.1) is 0 Å². The molecule has 0 saturated heterocycles. The van der Waals surface area contributed by atoms with Crippen LogP contribution in [0.1, 0.15) is 62.4 Å². The Balaban J connectivity index is 2.02. The molecule has 2 aromatic rings. The van der Waals surface area contributed by atoms with Crippen LogP contribution >= 0.6 is 0 Å². The molecule has 0 aliphatic heterocycles. The van der Waals surface area contributed by atoms with E-state index in [1.165, 1.54) is 4.90 Å². The lowest BCUT2D eigenvalue weighted by Gasteiger charge is -2.34. The summed E-state index contributed by atoms with van der Waals surface area (Å²) in [5.74, 6) is -4.38. The van der Waals surface area contributed by atoms with Crippen LogP contribution in [0, 0.1) is 17.7 Å². The first-order chi connectivity index (χ1) is 15.9. The molecular weight excluding hydrogens is 456 g/mol. The summed E-state index contributed by atoms with van der Waals surface area (Å²) in [6, 6.07) is 2.89. The molecule has 34 heavy (non-hydrogen) atoms. The maximum atomic E-state index is 15.0. The molecule has 0 bridgehead atoms. The average Bonchev–Trinajstić information content (AvgIpc) is 2.75. The van der Waals surface area contributed by atoms with E-state index in [0.717, 1.165) is 43.3 Å². The van der Waals surface area contributed by atoms with E-state index < -0.39 is 46.8 Å². The Morgan fingerprint density at radius 3 is 2.38 bits per heavy atom. The fourth-order valence-corrected chi connectivity index (χ4v) is 4.14. The van der Waals surface area contributed by atoms with Gasteiger partial charge in [-0.2, -0.15) is 13.2 Å². The summed E-state index contributed by atoms with van der Waals surface area (Å²) >= 11 is 0. The van der Waals surface area contributed by atoms with E-state index in [1.807, 2.05) is 0 Å². The number of carbonyl (C=O) groups is 2. The quantitative estimate of drug-likeness (QED) is 0.489. The molecule has 1 heterocycles. The van der Waals surface area contributed by atoms with Crippen molar-refractivity contribution in [2.45, 2.75) is 58.7 Å². The highest BCUT2D eigenvalue weighted by molar-refractivity contribution is 6.03. The number of alkyl halides is 3. The first-order valence-corrected chi connectivity index (χ1v) is 11.0. The van der Waals surface area contributed by atoms with Gasteiger partial charge in [-0.05, 0) is 57.6 Å². The van der Waals surface area contributed by atoms with Crippen molar-refractivity contribution in [3.05, 3.63) is 47.4 Å². The number of carbonyl (C=O) groups excluding carboxylic acids is 1. The van der Waals surface area contributed by atoms with E-state index in [9.17, 15) is 27.9 Å². The van der Waals surface area contributed by atoms with Crippen LogP contribution in [0.4, 0.5) is 23.2 Å². The second-order valence-electron chi connectivity index (χ2n) is 8.82. The standard InChI is InChI=1S/C24H26F4N2O4/c1-13(2)30(22(31)15-8-6-14(3)7-9-15)19-12-18(25)20(11-16(19)23(32)33)34-21-17(24(26,27)28)5-4-10-29-21/h4-5,10-15H,6-9H2,1-3H3,(H,32,33)/t14-,15-. The van der Waals surface area contributed by atoms with E-state index in [0.29, 0.717) is 18.8 Å². The van der Waals surface area contributed by atoms with Gasteiger partial charge < -0.3 is 14.7 Å². The van der Waals surface area contributed by atoms with Gasteiger partial charge in [-0.25, -0.2) is 14.2 Å². The molecule has 0 spiro atoms. The first kappa shape index (κ1) is 25.5. The molecule has 1 amide bonds. The van der Waals surface area contributed by atoms with Crippen molar-refractivity contribution in [2.75, 3.05) is 4.90 Å². The number of hydrogen-bond donors (Lipinski definition) is 1. The number of ether oxygens (including phenoxy) is 1. The number of pyridine rings is 1. The molecule has 0 radical (unpaired) electrons. The summed E-state index contributed by atoms with van der Waals surface area (Å²) < 4.78 is 59.9. The normalized spacial score (nSPS) is 18.6. The highest BCUT2D eigenvalue weighted by Crippen LogP contribution is 2.39. The van der Waals surface area contributed by atoms with Crippen molar-refractivity contribution in [3.8, 4) is 11.6 Å². The summed E-state index contributed by atoms with van der Waals surface area (Å²) in [5.41, 5.74) is -1.87. The van der Waals surface area contributed by atoms with E-state index in [2.05, 4.69) is 11.9 Å². The number of benzene rings is 1. The molecule has 3 rings (SSSR count). The molecule has 1 saturated carbocycles. The third-order valence-corrected chi connectivity index (χ3v) is 5.94. The molecular formula is C24H26F4N2O4. The third-order valence-electron chi connectivity index (χ3n) is 5.94. The van der Waals surface area contributed by atoms with Crippen LogP contribution in [0.2, 0.25) is 0 Å². The Kier molecular flexibility index (Phi) is 7.48. The predicted octanol–water partition coefficient (Wildman–Crippen LogP) is 6.30. The number of nitrogens with zero attached hydrogens (tertiary/aromatic N) is 2. The minimum Gasteiger partial charge on any atom is -0.478 e. The van der Waals surface area contributed by atoms with Crippen LogP contribution < -0.4 is 9.64 Å². The Morgan fingerprint density at radius 1 is 1.18 bits per heavy atom. The molecule has 0 atom stereocenters. The Hall–Kier alpha value is -3.17. The smallest absolute Gasteiger partial charge is 0.421 e. The van der Waals surface area contributed by atoms with E-state index >= 15 is 4.39 Å². The number of aromatic carboxylic acids is 1. The second-order valence-corrected chi connectivity index (χ2v) is 8.82. The maximum absolute atomic E-state index is 15.0. The lowest BCUT2D eigenvalue weighted by molar-refractivity contribution is -0.139. The zero-order chi connectivity index (χ0) is 25.2. The summed E-state index contributed by atoms with van der Waals surface area (Å²) in [7, 11) is 0. The van der Waals surface area contributed by atoms with Crippen molar-refractivity contribution >= 4 is 17.6 Å². The molecule has 6 nitrogen and oxygen atoms in total. The van der Waals surface area contributed by atoms with Crippen LogP contribution in [0.15, 0.2) is 30.5 Å². The number of anilines is 1. The molecule has 1 aliphatic rings. The second kappa shape index (κ2) is 9.99. The summed E-state index contributed by atoms with van der Waals surface area (Å²) in [5, 5.41) is 9.78. The van der Waals surface area contributed by atoms with Gasteiger partial charge in [-0.3, -0.25) is 4.79 Å². The van der Waals surface area contributed by atoms with Gasteiger partial charge >= 0.3 is 12.1 Å². The number of halogens is 4. The van der Waals surface area contributed by atoms with Crippen molar-refractivity contribution in [2.24, 2.45) is 11.8 Å². The lowest BCUT2D eigenvalue weighted by Crippen LogP contribution is -2.43. The van der Waals surface area contributed by atoms with Crippen molar-refractivity contribution in [3.63, 3.8) is 0 Å². The predicted molar refractivity (Wildman–Crippen MR) is 116 cm³/mol. The fraction of sp³-hybridized carbons (Fsp3) is 0.458. The van der Waals surface area contributed by atoms with E-state index in [-0.39, 0.29) is 17.5 Å². The number of carboxylic acids is 1. The topological polar surface area (TPSA) is 79.7 Å². The van der Waals surface area contributed by atoms with Gasteiger partial charge in [0, 0.05) is 30.3 Å². The Labute approximate surface area is 194 Å². The molecule has 184 valence electrons. The van der Waals surface area contributed by atoms with E-state index in [1.54, 1.807) is 13.8 Å². The van der Waals surface area contributed by atoms with Crippen molar-refractivity contribution < 1.29 is 37.0 Å². The number of rotatable bonds is 6. The molecule has 1 aromatic carbocycles. The lowest BCUT2D eigenvalue weighted by atomic mass is 9.82. The minimum atomic E-state index is -4.81. The van der Waals surface area contributed by atoms with Crippen LogP contribution in [-0.4, -0.2) is 28.0 Å². The van der Waals surface area contributed by atoms with Gasteiger partial charge in [-0.1, -0.05) is 6.92 Å². The van der Waals surface area contributed by atoms with Gasteiger partial charge in [0.05, 0.1) is 11.3 Å². The Morgan fingerprint density at radius 2 is 1.82 bits per heavy atom. The highest BCUT2D eigenvalue weighted by atomic mass is 19.4. The summed E-state index contributed by atoms with van der Waals surface area (Å²) in [6.45, 7) is 5.46.